The summed E-state index contributed by atoms with van der Waals surface area (Å²) in [6.45, 7) is 2.85. The van der Waals surface area contributed by atoms with Crippen molar-refractivity contribution >= 4 is 22.7 Å². The summed E-state index contributed by atoms with van der Waals surface area (Å²) in [4.78, 5) is 50.3. The Labute approximate surface area is 214 Å². The summed E-state index contributed by atoms with van der Waals surface area (Å²) in [6.07, 6.45) is 0.417. The van der Waals surface area contributed by atoms with Crippen LogP contribution in [0.5, 0.6) is 0 Å². The number of hydrogen-bond donors (Lipinski definition) is 2. The lowest BCUT2D eigenvalue weighted by Gasteiger charge is -2.36. The van der Waals surface area contributed by atoms with E-state index in [0.717, 1.165) is 5.56 Å². The van der Waals surface area contributed by atoms with Crippen molar-refractivity contribution in [2.24, 2.45) is 0 Å². The van der Waals surface area contributed by atoms with Gasteiger partial charge in [0.1, 0.15) is 11.9 Å². The molecule has 5 rings (SSSR count). The second-order valence-electron chi connectivity index (χ2n) is 9.21. The van der Waals surface area contributed by atoms with Crippen LogP contribution in [0.25, 0.3) is 10.9 Å². The normalized spacial score (nSPS) is 14.9. The fourth-order valence-electron chi connectivity index (χ4n) is 4.65. The summed E-state index contributed by atoms with van der Waals surface area (Å²) in [6, 6.07) is 25.3. The fraction of sp³-hybridized carbons (Fsp3) is 0.241. The molecule has 2 N–H and O–H groups in total. The molecule has 1 aromatic heterocycles. The molecule has 1 atom stereocenters. The number of benzene rings is 3. The molecule has 37 heavy (non-hydrogen) atoms. The number of amides is 2. The van der Waals surface area contributed by atoms with Crippen LogP contribution in [0.3, 0.4) is 0 Å². The molecular weight excluding hydrogens is 466 g/mol. The first-order valence-electron chi connectivity index (χ1n) is 12.5. The monoisotopic (exact) mass is 495 g/mol. The van der Waals surface area contributed by atoms with Crippen LogP contribution >= 0.6 is 0 Å². The molecule has 0 aliphatic carbocycles. The number of nitrogens with one attached hydrogen (secondary N) is 2. The zero-order valence-electron chi connectivity index (χ0n) is 20.5. The fourth-order valence-corrected chi connectivity index (χ4v) is 4.65. The number of rotatable bonds is 7. The predicted octanol–water partition coefficient (Wildman–Crippen LogP) is 2.61. The number of aromatic nitrogens is 2. The van der Waals surface area contributed by atoms with Gasteiger partial charge in [0.15, 0.2) is 0 Å². The molecule has 1 unspecified atom stereocenters. The minimum absolute atomic E-state index is 0.0926. The van der Waals surface area contributed by atoms with Crippen molar-refractivity contribution in [3.8, 4) is 0 Å². The average molecular weight is 496 g/mol. The third kappa shape index (κ3) is 5.92. The van der Waals surface area contributed by atoms with Crippen molar-refractivity contribution < 1.29 is 9.59 Å². The number of nitrogens with zero attached hydrogens (tertiary/aromatic N) is 3. The highest BCUT2D eigenvalue weighted by Gasteiger charge is 2.29. The van der Waals surface area contributed by atoms with E-state index < -0.39 is 6.04 Å². The van der Waals surface area contributed by atoms with Gasteiger partial charge in [0.05, 0.1) is 17.4 Å². The maximum atomic E-state index is 13.6. The zero-order chi connectivity index (χ0) is 25.6. The first-order chi connectivity index (χ1) is 18.1. The molecule has 1 aliphatic rings. The number of carbonyl (C=O) groups excluding carboxylic acids is 2. The van der Waals surface area contributed by atoms with Gasteiger partial charge in [-0.3, -0.25) is 19.3 Å². The van der Waals surface area contributed by atoms with Gasteiger partial charge < -0.3 is 15.2 Å². The van der Waals surface area contributed by atoms with Crippen LogP contribution in [0, 0.1) is 0 Å². The maximum Gasteiger partial charge on any atom is 0.258 e. The minimum Gasteiger partial charge on any atom is -0.340 e. The highest BCUT2D eigenvalue weighted by molar-refractivity contribution is 5.97. The highest BCUT2D eigenvalue weighted by Crippen LogP contribution is 2.13. The van der Waals surface area contributed by atoms with Crippen molar-refractivity contribution in [3.63, 3.8) is 0 Å². The summed E-state index contributed by atoms with van der Waals surface area (Å²) < 4.78 is 0. The smallest absolute Gasteiger partial charge is 0.258 e. The lowest BCUT2D eigenvalue weighted by atomic mass is 10.0. The van der Waals surface area contributed by atoms with E-state index in [1.807, 2.05) is 59.5 Å². The summed E-state index contributed by atoms with van der Waals surface area (Å²) in [7, 11) is 0. The molecular formula is C29H29N5O3. The van der Waals surface area contributed by atoms with E-state index in [1.54, 1.807) is 30.3 Å². The van der Waals surface area contributed by atoms with Crippen LogP contribution in [0.1, 0.15) is 21.7 Å². The van der Waals surface area contributed by atoms with Crippen LogP contribution in [-0.4, -0.2) is 63.8 Å². The Hall–Kier alpha value is -4.30. The maximum absolute atomic E-state index is 13.6. The van der Waals surface area contributed by atoms with Crippen LogP contribution in [-0.2, 0) is 17.8 Å². The molecule has 4 aromatic rings. The Morgan fingerprint density at radius 2 is 1.51 bits per heavy atom. The summed E-state index contributed by atoms with van der Waals surface area (Å²) in [5.74, 6) is 0.255. The molecule has 3 aromatic carbocycles. The second-order valence-corrected chi connectivity index (χ2v) is 9.21. The largest absolute Gasteiger partial charge is 0.340 e. The van der Waals surface area contributed by atoms with Crippen LogP contribution in [0.2, 0.25) is 0 Å². The van der Waals surface area contributed by atoms with Gasteiger partial charge in [-0.15, -0.1) is 0 Å². The van der Waals surface area contributed by atoms with E-state index in [1.165, 1.54) is 0 Å². The van der Waals surface area contributed by atoms with Gasteiger partial charge in [-0.05, 0) is 29.8 Å². The summed E-state index contributed by atoms with van der Waals surface area (Å²) >= 11 is 0. The number of carbonyl (C=O) groups is 2. The van der Waals surface area contributed by atoms with Crippen LogP contribution < -0.4 is 10.9 Å². The highest BCUT2D eigenvalue weighted by atomic mass is 16.2. The number of aromatic amines is 1. The Bertz CT molecular complexity index is 1430. The standard InChI is InChI=1S/C29H29N5O3/c35-27(22-11-5-2-6-12-22)31-25(19-21-9-3-1-4-10-21)29(37)34-17-15-33(16-18-34)20-26-30-24-14-8-7-13-23(24)28(36)32-26/h1-14,25H,15-20H2,(H,31,35)(H,30,32,36). The molecule has 188 valence electrons. The third-order valence-corrected chi connectivity index (χ3v) is 6.64. The third-order valence-electron chi connectivity index (χ3n) is 6.64. The zero-order valence-corrected chi connectivity index (χ0v) is 20.5. The van der Waals surface area contributed by atoms with Crippen molar-refractivity contribution in [2.45, 2.75) is 19.0 Å². The molecule has 8 heteroatoms. The van der Waals surface area contributed by atoms with Gasteiger partial charge in [-0.1, -0.05) is 60.7 Å². The van der Waals surface area contributed by atoms with E-state index in [4.69, 9.17) is 0 Å². The van der Waals surface area contributed by atoms with Crippen molar-refractivity contribution in [2.75, 3.05) is 26.2 Å². The van der Waals surface area contributed by atoms with E-state index in [9.17, 15) is 14.4 Å². The van der Waals surface area contributed by atoms with Gasteiger partial charge in [0.2, 0.25) is 5.91 Å². The van der Waals surface area contributed by atoms with Crippen molar-refractivity contribution in [1.29, 1.82) is 0 Å². The quantitative estimate of drug-likeness (QED) is 0.411. The number of fused-ring (bicyclic) bond motifs is 1. The predicted molar refractivity (Wildman–Crippen MR) is 142 cm³/mol. The average Bonchev–Trinajstić information content (AvgIpc) is 2.94. The van der Waals surface area contributed by atoms with Gasteiger partial charge >= 0.3 is 0 Å². The molecule has 0 spiro atoms. The van der Waals surface area contributed by atoms with Crippen LogP contribution in [0.15, 0.2) is 89.7 Å². The number of piperazine rings is 1. The molecule has 0 saturated carbocycles. The first-order valence-corrected chi connectivity index (χ1v) is 12.5. The van der Waals surface area contributed by atoms with E-state index in [0.29, 0.717) is 61.4 Å². The van der Waals surface area contributed by atoms with Gasteiger partial charge in [0, 0.05) is 38.2 Å². The topological polar surface area (TPSA) is 98.4 Å². The Morgan fingerprint density at radius 1 is 0.865 bits per heavy atom. The minimum atomic E-state index is -0.667. The Balaban J connectivity index is 1.24. The molecule has 0 bridgehead atoms. The molecule has 1 aliphatic heterocycles. The van der Waals surface area contributed by atoms with Crippen LogP contribution in [0.4, 0.5) is 0 Å². The summed E-state index contributed by atoms with van der Waals surface area (Å²) in [5.41, 5.74) is 2.04. The van der Waals surface area contributed by atoms with E-state index >= 15 is 0 Å². The van der Waals surface area contributed by atoms with E-state index in [2.05, 4.69) is 20.2 Å². The first kappa shape index (κ1) is 24.4. The molecule has 1 saturated heterocycles. The number of hydrogen-bond acceptors (Lipinski definition) is 5. The number of H-pyrrole nitrogens is 1. The van der Waals surface area contributed by atoms with Crippen molar-refractivity contribution in [1.82, 2.24) is 25.1 Å². The molecule has 2 heterocycles. The van der Waals surface area contributed by atoms with Gasteiger partial charge in [-0.2, -0.15) is 0 Å². The molecule has 8 nitrogen and oxygen atoms in total. The Morgan fingerprint density at radius 3 is 2.24 bits per heavy atom. The second kappa shape index (κ2) is 11.2. The molecule has 0 radical (unpaired) electrons. The van der Waals surface area contributed by atoms with Gasteiger partial charge in [-0.25, -0.2) is 4.98 Å². The molecule has 1 fully saturated rings. The lowest BCUT2D eigenvalue weighted by Crippen LogP contribution is -2.55. The van der Waals surface area contributed by atoms with Crippen molar-refractivity contribution in [3.05, 3.63) is 112 Å². The Kier molecular flexibility index (Phi) is 7.37. The number of para-hydroxylation sites is 1. The summed E-state index contributed by atoms with van der Waals surface area (Å²) in [5, 5.41) is 3.53. The van der Waals surface area contributed by atoms with E-state index in [-0.39, 0.29) is 17.4 Å². The lowest BCUT2D eigenvalue weighted by molar-refractivity contribution is -0.135. The molecule has 2 amide bonds. The van der Waals surface area contributed by atoms with Gasteiger partial charge in [0.25, 0.3) is 11.5 Å². The SMILES string of the molecule is O=C(NC(Cc1ccccc1)C(=O)N1CCN(Cc2nc3ccccc3c(=O)[nH]2)CC1)c1ccccc1.